The molecular weight excluding hydrogens is 410 g/mol. The molecule has 0 aliphatic carbocycles. The van der Waals surface area contributed by atoms with Crippen LogP contribution < -0.4 is 25.0 Å². The lowest BCUT2D eigenvalue weighted by Crippen LogP contribution is -2.32. The van der Waals surface area contributed by atoms with Crippen molar-refractivity contribution in [3.63, 3.8) is 0 Å². The summed E-state index contributed by atoms with van der Waals surface area (Å²) in [5.41, 5.74) is 1.33. The van der Waals surface area contributed by atoms with E-state index < -0.39 is 0 Å². The van der Waals surface area contributed by atoms with Crippen LogP contribution in [0.4, 0.5) is 11.4 Å². The summed E-state index contributed by atoms with van der Waals surface area (Å²) < 4.78 is 10.9. The molecule has 0 aromatic heterocycles. The number of nitrogens with one attached hydrogen (secondary N) is 2. The number of ether oxygens (including phenoxy) is 2. The minimum absolute atomic E-state index is 0.104. The highest BCUT2D eigenvalue weighted by atomic mass is 16.5. The van der Waals surface area contributed by atoms with Crippen molar-refractivity contribution >= 4 is 29.1 Å². The summed E-state index contributed by atoms with van der Waals surface area (Å²) >= 11 is 0. The minimum atomic E-state index is -0.385. The number of amides is 3. The highest BCUT2D eigenvalue weighted by molar-refractivity contribution is 6.00. The number of carbonyl (C=O) groups excluding carboxylic acids is 3. The highest BCUT2D eigenvalue weighted by Gasteiger charge is 2.34. The Morgan fingerprint density at radius 1 is 1.09 bits per heavy atom. The van der Waals surface area contributed by atoms with E-state index in [0.717, 1.165) is 5.75 Å². The molecule has 0 radical (unpaired) electrons. The third-order valence-electron chi connectivity index (χ3n) is 4.88. The lowest BCUT2D eigenvalue weighted by Gasteiger charge is -2.17. The summed E-state index contributed by atoms with van der Waals surface area (Å²) in [4.78, 5) is 38.1. The normalized spacial score (nSPS) is 15.2. The standard InChI is InChI=1S/C24H27N3O5/c1-3-13-25-24(30)17-14-23(29)27(15-17)19-7-11-21(12-8-19)32-16-22(28)26-18-5-9-20(10-6-18)31-4-2/h3,5-12,17H,1,4,13-16H2,2H3,(H,25,30)(H,26,28). The maximum absolute atomic E-state index is 12.3. The van der Waals surface area contributed by atoms with Crippen molar-refractivity contribution in [2.75, 3.05) is 36.5 Å². The number of hydrogen-bond donors (Lipinski definition) is 2. The van der Waals surface area contributed by atoms with Crippen molar-refractivity contribution in [1.82, 2.24) is 5.32 Å². The van der Waals surface area contributed by atoms with E-state index in [4.69, 9.17) is 9.47 Å². The number of nitrogens with zero attached hydrogens (tertiary/aromatic N) is 1. The Bertz CT molecular complexity index is 957. The second-order valence-corrected chi connectivity index (χ2v) is 7.23. The molecule has 2 aromatic carbocycles. The van der Waals surface area contributed by atoms with Crippen LogP contribution in [0, 0.1) is 5.92 Å². The van der Waals surface area contributed by atoms with Gasteiger partial charge in [-0.2, -0.15) is 0 Å². The first-order chi connectivity index (χ1) is 15.5. The van der Waals surface area contributed by atoms with Crippen LogP contribution >= 0.6 is 0 Å². The van der Waals surface area contributed by atoms with Crippen molar-refractivity contribution in [1.29, 1.82) is 0 Å². The molecule has 3 amide bonds. The van der Waals surface area contributed by atoms with Crippen molar-refractivity contribution in [2.45, 2.75) is 13.3 Å². The first-order valence-electron chi connectivity index (χ1n) is 10.4. The van der Waals surface area contributed by atoms with E-state index in [2.05, 4.69) is 17.2 Å². The maximum atomic E-state index is 12.3. The Labute approximate surface area is 187 Å². The van der Waals surface area contributed by atoms with Gasteiger partial charge in [-0.3, -0.25) is 14.4 Å². The number of carbonyl (C=O) groups is 3. The molecule has 32 heavy (non-hydrogen) atoms. The van der Waals surface area contributed by atoms with Gasteiger partial charge in [0, 0.05) is 30.9 Å². The van der Waals surface area contributed by atoms with E-state index in [-0.39, 0.29) is 36.7 Å². The Balaban J connectivity index is 1.49. The summed E-state index contributed by atoms with van der Waals surface area (Å²) in [6, 6.07) is 13.9. The van der Waals surface area contributed by atoms with Crippen LogP contribution in [0.15, 0.2) is 61.2 Å². The molecule has 1 saturated heterocycles. The fourth-order valence-electron chi connectivity index (χ4n) is 3.32. The predicted molar refractivity (Wildman–Crippen MR) is 122 cm³/mol. The van der Waals surface area contributed by atoms with Gasteiger partial charge in [-0.05, 0) is 55.5 Å². The summed E-state index contributed by atoms with van der Waals surface area (Å²) in [6.07, 6.45) is 1.77. The van der Waals surface area contributed by atoms with Gasteiger partial charge < -0.3 is 25.0 Å². The lowest BCUT2D eigenvalue weighted by atomic mass is 10.1. The van der Waals surface area contributed by atoms with Crippen LogP contribution in [0.3, 0.4) is 0 Å². The average molecular weight is 437 g/mol. The predicted octanol–water partition coefficient (Wildman–Crippen LogP) is 2.76. The van der Waals surface area contributed by atoms with Crippen molar-refractivity contribution < 1.29 is 23.9 Å². The van der Waals surface area contributed by atoms with Crippen LogP contribution in [0.2, 0.25) is 0 Å². The second kappa shape index (κ2) is 11.0. The van der Waals surface area contributed by atoms with E-state index in [1.165, 1.54) is 0 Å². The van der Waals surface area contributed by atoms with E-state index in [9.17, 15) is 14.4 Å². The summed E-state index contributed by atoms with van der Waals surface area (Å²) in [6.45, 7) is 6.60. The van der Waals surface area contributed by atoms with Crippen LogP contribution in [-0.2, 0) is 14.4 Å². The molecule has 2 aromatic rings. The van der Waals surface area contributed by atoms with Crippen LogP contribution in [0.1, 0.15) is 13.3 Å². The molecule has 1 aliphatic heterocycles. The molecule has 1 atom stereocenters. The quantitative estimate of drug-likeness (QED) is 0.557. The molecule has 8 nitrogen and oxygen atoms in total. The van der Waals surface area contributed by atoms with Gasteiger partial charge >= 0.3 is 0 Å². The average Bonchev–Trinajstić information content (AvgIpc) is 3.19. The Hall–Kier alpha value is -3.81. The van der Waals surface area contributed by atoms with Gasteiger partial charge in [-0.15, -0.1) is 6.58 Å². The van der Waals surface area contributed by atoms with Gasteiger partial charge in [0.15, 0.2) is 6.61 Å². The third kappa shape index (κ3) is 6.10. The maximum Gasteiger partial charge on any atom is 0.262 e. The third-order valence-corrected chi connectivity index (χ3v) is 4.88. The van der Waals surface area contributed by atoms with E-state index in [0.29, 0.717) is 36.8 Å². The van der Waals surface area contributed by atoms with Crippen molar-refractivity contribution in [3.05, 3.63) is 61.2 Å². The number of benzene rings is 2. The number of hydrogen-bond acceptors (Lipinski definition) is 5. The molecule has 168 valence electrons. The molecule has 2 N–H and O–H groups in total. The van der Waals surface area contributed by atoms with Crippen molar-refractivity contribution in [3.8, 4) is 11.5 Å². The molecule has 8 heteroatoms. The molecular formula is C24H27N3O5. The molecule has 3 rings (SSSR count). The highest BCUT2D eigenvalue weighted by Crippen LogP contribution is 2.27. The topological polar surface area (TPSA) is 97.0 Å². The Morgan fingerprint density at radius 2 is 1.75 bits per heavy atom. The van der Waals surface area contributed by atoms with Crippen molar-refractivity contribution in [2.24, 2.45) is 5.92 Å². The van der Waals surface area contributed by atoms with Crippen LogP contribution in [0.25, 0.3) is 0 Å². The SMILES string of the molecule is C=CCNC(=O)C1CC(=O)N(c2ccc(OCC(=O)Nc3ccc(OCC)cc3)cc2)C1. The zero-order valence-corrected chi connectivity index (χ0v) is 18.0. The van der Waals surface area contributed by atoms with E-state index in [1.807, 2.05) is 6.92 Å². The fourth-order valence-corrected chi connectivity index (χ4v) is 3.32. The first-order valence-corrected chi connectivity index (χ1v) is 10.4. The zero-order chi connectivity index (χ0) is 22.9. The summed E-state index contributed by atoms with van der Waals surface area (Å²) in [5, 5.41) is 5.49. The largest absolute Gasteiger partial charge is 0.494 e. The minimum Gasteiger partial charge on any atom is -0.494 e. The van der Waals surface area contributed by atoms with Gasteiger partial charge in [0.1, 0.15) is 11.5 Å². The molecule has 1 aliphatic rings. The molecule has 0 spiro atoms. The monoisotopic (exact) mass is 437 g/mol. The number of rotatable bonds is 10. The summed E-state index contributed by atoms with van der Waals surface area (Å²) in [7, 11) is 0. The smallest absolute Gasteiger partial charge is 0.262 e. The molecule has 1 fully saturated rings. The first kappa shape index (κ1) is 22.9. The summed E-state index contributed by atoms with van der Waals surface area (Å²) in [5.74, 6) is 0.307. The van der Waals surface area contributed by atoms with Gasteiger partial charge in [0.05, 0.1) is 12.5 Å². The molecule has 0 bridgehead atoms. The van der Waals surface area contributed by atoms with Crippen LogP contribution in [0.5, 0.6) is 11.5 Å². The lowest BCUT2D eigenvalue weighted by molar-refractivity contribution is -0.126. The zero-order valence-electron chi connectivity index (χ0n) is 18.0. The Morgan fingerprint density at radius 3 is 2.41 bits per heavy atom. The fraction of sp³-hybridized carbons (Fsp3) is 0.292. The Kier molecular flexibility index (Phi) is 7.85. The molecule has 0 saturated carbocycles. The number of anilines is 2. The second-order valence-electron chi connectivity index (χ2n) is 7.23. The molecule has 1 unspecified atom stereocenters. The van der Waals surface area contributed by atoms with Gasteiger partial charge in [-0.1, -0.05) is 6.08 Å². The van der Waals surface area contributed by atoms with E-state index in [1.54, 1.807) is 59.5 Å². The van der Waals surface area contributed by atoms with Gasteiger partial charge in [-0.25, -0.2) is 0 Å². The molecule has 1 heterocycles. The van der Waals surface area contributed by atoms with E-state index >= 15 is 0 Å². The van der Waals surface area contributed by atoms with Gasteiger partial charge in [0.25, 0.3) is 5.91 Å². The van der Waals surface area contributed by atoms with Gasteiger partial charge in [0.2, 0.25) is 11.8 Å². The van der Waals surface area contributed by atoms with Crippen LogP contribution in [-0.4, -0.2) is 44.0 Å².